The molecule has 2 rings (SSSR count). The van der Waals surface area contributed by atoms with Crippen LogP contribution in [-0.4, -0.2) is 50.0 Å². The van der Waals surface area contributed by atoms with Gasteiger partial charge in [-0.05, 0) is 28.5 Å². The molecule has 0 atom stereocenters. The van der Waals surface area contributed by atoms with Gasteiger partial charge in [0, 0.05) is 13.6 Å². The molecule has 4 N–H and O–H groups in total. The number of aliphatic imine (C=N–C) groups is 1. The number of anilines is 1. The minimum atomic E-state index is -4.95. The maximum absolute atomic E-state index is 13.4. The third-order valence-electron chi connectivity index (χ3n) is 3.20. The smallest absolute Gasteiger partial charge is 0.363 e. The van der Waals surface area contributed by atoms with Gasteiger partial charge in [-0.15, -0.1) is 0 Å². The van der Waals surface area contributed by atoms with Crippen LogP contribution in [0.2, 0.25) is 0 Å². The van der Waals surface area contributed by atoms with Crippen molar-refractivity contribution in [3.63, 3.8) is 0 Å². The molecular weight excluding hydrogens is 428 g/mol. The first-order valence-corrected chi connectivity index (χ1v) is 8.98. The first kappa shape index (κ1) is 22.5. The van der Waals surface area contributed by atoms with Crippen molar-refractivity contribution in [2.45, 2.75) is 6.18 Å². The highest BCUT2D eigenvalue weighted by Gasteiger charge is 2.34. The molecule has 1 aromatic heterocycles. The highest BCUT2D eigenvalue weighted by atomic mass is 32.2. The number of halogens is 4. The Morgan fingerprint density at radius 1 is 1.34 bits per heavy atom. The van der Waals surface area contributed by atoms with Gasteiger partial charge in [0.25, 0.3) is 0 Å². The second kappa shape index (κ2) is 9.12. The predicted molar refractivity (Wildman–Crippen MR) is 89.2 cm³/mol. The molecule has 2 aromatic rings. The Hall–Kier alpha value is -2.82. The molecule has 160 valence electrons. The number of alkyl halides is 3. The third kappa shape index (κ3) is 6.08. The van der Waals surface area contributed by atoms with Crippen molar-refractivity contribution in [3.8, 4) is 0 Å². The van der Waals surface area contributed by atoms with Crippen LogP contribution >= 0.6 is 0 Å². The lowest BCUT2D eigenvalue weighted by molar-refractivity contribution is -0.139. The van der Waals surface area contributed by atoms with E-state index in [2.05, 4.69) is 29.4 Å². The number of nitrogens with one attached hydrogen (secondary N) is 3. The highest BCUT2D eigenvalue weighted by molar-refractivity contribution is 7.84. The summed E-state index contributed by atoms with van der Waals surface area (Å²) in [6.45, 7) is -0.420. The maximum atomic E-state index is 13.4. The Morgan fingerprint density at radius 3 is 2.69 bits per heavy atom. The molecule has 0 aliphatic rings. The summed E-state index contributed by atoms with van der Waals surface area (Å²) in [4.78, 5) is 3.73. The van der Waals surface area contributed by atoms with E-state index in [0.29, 0.717) is 12.1 Å². The predicted octanol–water partition coefficient (Wildman–Crippen LogP) is 1.18. The zero-order valence-electron chi connectivity index (χ0n) is 14.5. The Kier molecular flexibility index (Phi) is 7.07. The fourth-order valence-corrected chi connectivity index (χ4v) is 2.32. The molecule has 1 heterocycles. The van der Waals surface area contributed by atoms with Crippen molar-refractivity contribution in [1.29, 1.82) is 0 Å². The molecule has 16 heteroatoms. The molecule has 0 aliphatic heterocycles. The van der Waals surface area contributed by atoms with Crippen molar-refractivity contribution >= 4 is 27.6 Å². The van der Waals surface area contributed by atoms with Gasteiger partial charge in [0.2, 0.25) is 5.82 Å². The van der Waals surface area contributed by atoms with E-state index in [9.17, 15) is 31.2 Å². The minimum absolute atomic E-state index is 0.102. The van der Waals surface area contributed by atoms with Crippen molar-refractivity contribution in [1.82, 2.24) is 20.5 Å². The normalized spacial score (nSPS) is 12.8. The summed E-state index contributed by atoms with van der Waals surface area (Å²) >= 11 is 0. The number of nitrogens with zero attached hydrogens (tertiary/aromatic N) is 3. The first-order chi connectivity index (χ1) is 13.6. The summed E-state index contributed by atoms with van der Waals surface area (Å²) in [5.41, 5.74) is -0.523. The van der Waals surface area contributed by atoms with Gasteiger partial charge < -0.3 is 5.32 Å². The molecule has 29 heavy (non-hydrogen) atoms. The van der Waals surface area contributed by atoms with Crippen LogP contribution in [0.15, 0.2) is 27.8 Å². The quantitative estimate of drug-likeness (QED) is 0.155. The van der Waals surface area contributed by atoms with Crippen molar-refractivity contribution in [2.75, 3.05) is 25.5 Å². The Bertz CT molecular complexity index is 978. The zero-order chi connectivity index (χ0) is 21.7. The number of benzene rings is 1. The van der Waals surface area contributed by atoms with E-state index >= 15 is 0 Å². The molecule has 0 aliphatic carbocycles. The van der Waals surface area contributed by atoms with E-state index in [4.69, 9.17) is 0 Å². The number of hydroxylamine groups is 1. The van der Waals surface area contributed by atoms with Crippen LogP contribution in [0.25, 0.3) is 0 Å². The van der Waals surface area contributed by atoms with E-state index in [-0.39, 0.29) is 30.4 Å². The highest BCUT2D eigenvalue weighted by Crippen LogP contribution is 2.33. The van der Waals surface area contributed by atoms with Crippen LogP contribution in [0.3, 0.4) is 0 Å². The summed E-state index contributed by atoms with van der Waals surface area (Å²) in [5, 5.41) is 18.7. The van der Waals surface area contributed by atoms with Crippen LogP contribution in [0.4, 0.5) is 29.1 Å². The van der Waals surface area contributed by atoms with Gasteiger partial charge in [0.05, 0.1) is 17.9 Å². The average Bonchev–Trinajstić information content (AvgIpc) is 3.12. The lowest BCUT2D eigenvalue weighted by Gasteiger charge is -2.09. The Balaban J connectivity index is 2.20. The molecule has 11 nitrogen and oxygen atoms in total. The Labute approximate surface area is 160 Å². The second-order valence-corrected chi connectivity index (χ2v) is 6.65. The summed E-state index contributed by atoms with van der Waals surface area (Å²) in [6.07, 6.45) is -4.95. The third-order valence-corrected chi connectivity index (χ3v) is 4.17. The standard InChI is InChI=1S/C13H14F4N6O5S/c1-18-29(25,26)27-5-4-19-11-10(22-28-23-11)12(21-24)20-7-2-3-9(14)8(6-7)13(15,16)17/h2-3,6,18,24H,4-5H2,1H3,(H,19,23)(H,20,21). The summed E-state index contributed by atoms with van der Waals surface area (Å²) < 4.78 is 85.0. The van der Waals surface area contributed by atoms with Gasteiger partial charge in [-0.3, -0.25) is 14.9 Å². The van der Waals surface area contributed by atoms with Crippen LogP contribution in [0.1, 0.15) is 11.3 Å². The van der Waals surface area contributed by atoms with Gasteiger partial charge in [-0.1, -0.05) is 0 Å². The summed E-state index contributed by atoms with van der Waals surface area (Å²) in [7, 11) is -2.75. The number of hydrogen-bond donors (Lipinski definition) is 4. The Morgan fingerprint density at radius 2 is 2.07 bits per heavy atom. The maximum Gasteiger partial charge on any atom is 0.419 e. The first-order valence-electron chi connectivity index (χ1n) is 7.57. The molecule has 0 spiro atoms. The van der Waals surface area contributed by atoms with Crippen molar-refractivity contribution in [2.24, 2.45) is 4.99 Å². The van der Waals surface area contributed by atoms with Crippen LogP contribution < -0.4 is 15.5 Å². The van der Waals surface area contributed by atoms with E-state index in [1.807, 2.05) is 4.72 Å². The topological polar surface area (TPSA) is 151 Å². The molecule has 0 unspecified atom stereocenters. The largest absolute Gasteiger partial charge is 0.419 e. The van der Waals surface area contributed by atoms with E-state index < -0.39 is 33.7 Å². The van der Waals surface area contributed by atoms with Gasteiger partial charge in [-0.25, -0.2) is 14.0 Å². The monoisotopic (exact) mass is 442 g/mol. The van der Waals surface area contributed by atoms with E-state index in [1.165, 1.54) is 0 Å². The molecule has 1 aromatic carbocycles. The van der Waals surface area contributed by atoms with E-state index in [1.54, 1.807) is 5.48 Å². The number of aromatic nitrogens is 2. The molecule has 0 radical (unpaired) electrons. The average molecular weight is 442 g/mol. The van der Waals surface area contributed by atoms with Crippen LogP contribution in [0.5, 0.6) is 0 Å². The van der Waals surface area contributed by atoms with Gasteiger partial charge in [-0.2, -0.15) is 26.3 Å². The molecule has 0 saturated heterocycles. The number of hydrogen-bond acceptors (Lipinski definition) is 9. The van der Waals surface area contributed by atoms with E-state index in [0.717, 1.165) is 13.1 Å². The summed E-state index contributed by atoms with van der Waals surface area (Å²) in [6, 6.07) is 1.94. The van der Waals surface area contributed by atoms with Gasteiger partial charge >= 0.3 is 16.5 Å². The molecule has 0 amide bonds. The van der Waals surface area contributed by atoms with Crippen LogP contribution in [-0.2, 0) is 20.7 Å². The van der Waals surface area contributed by atoms with Gasteiger partial charge in [0.15, 0.2) is 11.5 Å². The molecule has 0 bridgehead atoms. The molecular formula is C13H14F4N6O5S. The SMILES string of the molecule is CNS(=O)(=O)OCCNc1nonc1C(=Nc1ccc(F)c(C(F)(F)F)c1)NO. The molecule has 0 saturated carbocycles. The van der Waals surface area contributed by atoms with Gasteiger partial charge in [0.1, 0.15) is 5.82 Å². The zero-order valence-corrected chi connectivity index (χ0v) is 15.3. The number of rotatable bonds is 8. The van der Waals surface area contributed by atoms with Crippen molar-refractivity contribution < 1.29 is 40.0 Å². The second-order valence-electron chi connectivity index (χ2n) is 5.10. The molecule has 0 fully saturated rings. The summed E-state index contributed by atoms with van der Waals surface area (Å²) in [5.74, 6) is -2.09. The van der Waals surface area contributed by atoms with Crippen molar-refractivity contribution in [3.05, 3.63) is 35.3 Å². The number of amidine groups is 1. The minimum Gasteiger partial charge on any atom is -0.363 e. The fourth-order valence-electron chi connectivity index (χ4n) is 1.90. The lowest BCUT2D eigenvalue weighted by Crippen LogP contribution is -2.25. The van der Waals surface area contributed by atoms with Crippen LogP contribution in [0, 0.1) is 5.82 Å². The fraction of sp³-hybridized carbons (Fsp3) is 0.308. The lowest BCUT2D eigenvalue weighted by atomic mass is 10.2.